The van der Waals surface area contributed by atoms with Crippen LogP contribution in [-0.2, 0) is 9.59 Å². The Labute approximate surface area is 186 Å². The average Bonchev–Trinajstić information content (AvgIpc) is 3.02. The minimum atomic E-state index is -0.501. The highest BCUT2D eigenvalue weighted by Crippen LogP contribution is 2.31. The first-order chi connectivity index (χ1) is 15.0. The van der Waals surface area contributed by atoms with Crippen LogP contribution in [0.25, 0.3) is 0 Å². The lowest BCUT2D eigenvalue weighted by atomic mass is 10.2. The number of anilines is 1. The summed E-state index contributed by atoms with van der Waals surface area (Å²) in [5.74, 6) is 1.18. The van der Waals surface area contributed by atoms with E-state index in [1.54, 1.807) is 19.2 Å². The molecule has 0 bridgehead atoms. The molecule has 1 aliphatic rings. The number of thioether (sulfide) groups is 1. The molecule has 31 heavy (non-hydrogen) atoms. The van der Waals surface area contributed by atoms with Crippen molar-refractivity contribution < 1.29 is 19.1 Å². The molecule has 3 rings (SSSR count). The third kappa shape index (κ3) is 6.24. The van der Waals surface area contributed by atoms with E-state index in [9.17, 15) is 9.59 Å². The van der Waals surface area contributed by atoms with E-state index in [0.29, 0.717) is 24.1 Å². The summed E-state index contributed by atoms with van der Waals surface area (Å²) in [5, 5.41) is 2.91. The van der Waals surface area contributed by atoms with Crippen LogP contribution < -0.4 is 14.8 Å². The number of carbonyl (C=O) groups excluding carboxylic acids is 2. The van der Waals surface area contributed by atoms with Crippen molar-refractivity contribution in [3.63, 3.8) is 0 Å². The molecule has 0 spiro atoms. The topological polar surface area (TPSA) is 80.2 Å². The van der Waals surface area contributed by atoms with Crippen LogP contribution in [0.3, 0.4) is 0 Å². The average molecular weight is 442 g/mol. The van der Waals surface area contributed by atoms with Crippen molar-refractivity contribution in [3.8, 4) is 11.5 Å². The number of nitrogens with one attached hydrogen (secondary N) is 1. The number of carbonyl (C=O) groups is 2. The number of benzene rings is 2. The molecule has 8 heteroatoms. The van der Waals surface area contributed by atoms with Crippen LogP contribution in [0.1, 0.15) is 26.7 Å². The minimum Gasteiger partial charge on any atom is -0.494 e. The third-order valence-electron chi connectivity index (χ3n) is 4.49. The molecule has 0 radical (unpaired) electrons. The maximum Gasteiger partial charge on any atom is 0.242 e. The van der Waals surface area contributed by atoms with Crippen LogP contribution in [0.15, 0.2) is 53.5 Å². The van der Waals surface area contributed by atoms with Crippen LogP contribution in [0, 0.1) is 0 Å². The monoisotopic (exact) mass is 441 g/mol. The summed E-state index contributed by atoms with van der Waals surface area (Å²) >= 11 is 1.30. The zero-order valence-corrected chi connectivity index (χ0v) is 18.8. The number of rotatable bonds is 9. The molecule has 1 fully saturated rings. The highest BCUT2D eigenvalue weighted by molar-refractivity contribution is 8.15. The molecule has 0 aromatic heterocycles. The molecule has 164 valence electrons. The summed E-state index contributed by atoms with van der Waals surface area (Å²) in [7, 11) is 1.68. The molecule has 1 heterocycles. The summed E-state index contributed by atoms with van der Waals surface area (Å²) in [5.41, 5.74) is 1.39. The fraction of sp³-hybridized carbons (Fsp3) is 0.348. The molecule has 2 aromatic rings. The van der Waals surface area contributed by atoms with Crippen LogP contribution in [0.4, 0.5) is 11.4 Å². The van der Waals surface area contributed by atoms with Gasteiger partial charge in [0.15, 0.2) is 5.17 Å². The smallest absolute Gasteiger partial charge is 0.242 e. The number of hydrogen-bond donors (Lipinski definition) is 1. The molecule has 0 unspecified atom stereocenters. The first-order valence-electron chi connectivity index (χ1n) is 10.3. The standard InChI is InChI=1S/C23H27N3O4S/c1-4-14-30-19-12-6-16(7-13-19)24-21(27)15-20-22(28)26(3)23(31-20)25-17-8-10-18(11-9-17)29-5-2/h6-13,20H,4-5,14-15H2,1-3H3,(H,24,27)/t20-/m1/s1. The largest absolute Gasteiger partial charge is 0.494 e. The first-order valence-corrected chi connectivity index (χ1v) is 11.2. The second kappa shape index (κ2) is 10.9. The molecule has 0 saturated carbocycles. The second-order valence-corrected chi connectivity index (χ2v) is 8.12. The summed E-state index contributed by atoms with van der Waals surface area (Å²) in [4.78, 5) is 31.1. The highest BCUT2D eigenvalue weighted by Gasteiger charge is 2.37. The van der Waals surface area contributed by atoms with Crippen molar-refractivity contribution in [2.75, 3.05) is 25.6 Å². The molecule has 1 saturated heterocycles. The number of amidine groups is 1. The van der Waals surface area contributed by atoms with E-state index >= 15 is 0 Å². The second-order valence-electron chi connectivity index (χ2n) is 6.95. The first kappa shape index (κ1) is 22.7. The van der Waals surface area contributed by atoms with E-state index in [1.807, 2.05) is 50.2 Å². The van der Waals surface area contributed by atoms with Crippen molar-refractivity contribution in [1.29, 1.82) is 0 Å². The van der Waals surface area contributed by atoms with E-state index < -0.39 is 5.25 Å². The van der Waals surface area contributed by atoms with Crippen LogP contribution in [0.5, 0.6) is 11.5 Å². The molecular weight excluding hydrogens is 414 g/mol. The zero-order chi connectivity index (χ0) is 22.2. The third-order valence-corrected chi connectivity index (χ3v) is 5.72. The zero-order valence-electron chi connectivity index (χ0n) is 18.0. The van der Waals surface area contributed by atoms with E-state index in [2.05, 4.69) is 10.3 Å². The Bertz CT molecular complexity index is 929. The number of aliphatic imine (C=N–C) groups is 1. The molecule has 1 atom stereocenters. The van der Waals surface area contributed by atoms with Gasteiger partial charge in [-0.1, -0.05) is 18.7 Å². The quantitative estimate of drug-likeness (QED) is 0.621. The van der Waals surface area contributed by atoms with Crippen molar-refractivity contribution in [3.05, 3.63) is 48.5 Å². The van der Waals surface area contributed by atoms with Gasteiger partial charge in [-0.25, -0.2) is 4.99 Å². The van der Waals surface area contributed by atoms with Crippen LogP contribution >= 0.6 is 11.8 Å². The Morgan fingerprint density at radius 3 is 2.35 bits per heavy atom. The maximum absolute atomic E-state index is 12.6. The van der Waals surface area contributed by atoms with Crippen molar-refractivity contribution in [2.24, 2.45) is 4.99 Å². The number of nitrogens with zero attached hydrogens (tertiary/aromatic N) is 2. The lowest BCUT2D eigenvalue weighted by Crippen LogP contribution is -2.30. The molecular formula is C23H27N3O4S. The van der Waals surface area contributed by atoms with Gasteiger partial charge >= 0.3 is 0 Å². The Morgan fingerprint density at radius 2 is 1.71 bits per heavy atom. The van der Waals surface area contributed by atoms with Crippen LogP contribution in [-0.4, -0.2) is 47.4 Å². The maximum atomic E-state index is 12.6. The predicted octanol–water partition coefficient (Wildman–Crippen LogP) is 4.46. The summed E-state index contributed by atoms with van der Waals surface area (Å²) < 4.78 is 11.0. The van der Waals surface area contributed by atoms with E-state index in [4.69, 9.17) is 9.47 Å². The van der Waals surface area contributed by atoms with Gasteiger partial charge in [0.25, 0.3) is 0 Å². The van der Waals surface area contributed by atoms with E-state index in [1.165, 1.54) is 16.7 Å². The van der Waals surface area contributed by atoms with Crippen molar-refractivity contribution in [2.45, 2.75) is 31.9 Å². The van der Waals surface area contributed by atoms with Gasteiger partial charge in [0, 0.05) is 19.2 Å². The highest BCUT2D eigenvalue weighted by atomic mass is 32.2. The molecule has 1 aliphatic heterocycles. The van der Waals surface area contributed by atoms with E-state index in [0.717, 1.165) is 23.6 Å². The Morgan fingerprint density at radius 1 is 1.06 bits per heavy atom. The van der Waals surface area contributed by atoms with Gasteiger partial charge in [0.2, 0.25) is 11.8 Å². The lowest BCUT2D eigenvalue weighted by Gasteiger charge is -2.10. The fourth-order valence-electron chi connectivity index (χ4n) is 2.93. The molecule has 2 aromatic carbocycles. The number of amides is 2. The van der Waals surface area contributed by atoms with E-state index in [-0.39, 0.29) is 18.2 Å². The number of hydrogen-bond acceptors (Lipinski definition) is 6. The number of ether oxygens (including phenoxy) is 2. The lowest BCUT2D eigenvalue weighted by molar-refractivity contribution is -0.127. The molecule has 0 aliphatic carbocycles. The SMILES string of the molecule is CCCOc1ccc(NC(=O)C[C@H]2SC(=Nc3ccc(OCC)cc3)N(C)C2=O)cc1. The predicted molar refractivity (Wildman–Crippen MR) is 124 cm³/mol. The molecule has 1 N–H and O–H groups in total. The van der Waals surface area contributed by atoms with Gasteiger partial charge in [-0.3, -0.25) is 14.5 Å². The fourth-order valence-corrected chi connectivity index (χ4v) is 4.08. The normalized spacial score (nSPS) is 17.1. The Balaban J connectivity index is 1.58. The minimum absolute atomic E-state index is 0.0736. The van der Waals surface area contributed by atoms with Gasteiger partial charge < -0.3 is 14.8 Å². The Kier molecular flexibility index (Phi) is 7.94. The summed E-state index contributed by atoms with van der Waals surface area (Å²) in [6, 6.07) is 14.6. The van der Waals surface area contributed by atoms with Gasteiger partial charge in [-0.2, -0.15) is 0 Å². The summed E-state index contributed by atoms with van der Waals surface area (Å²) in [6.45, 7) is 5.22. The van der Waals surface area contributed by atoms with Crippen LogP contribution in [0.2, 0.25) is 0 Å². The summed E-state index contributed by atoms with van der Waals surface area (Å²) in [6.07, 6.45) is 1.01. The molecule has 7 nitrogen and oxygen atoms in total. The van der Waals surface area contributed by atoms with Crippen molar-refractivity contribution >= 4 is 40.1 Å². The van der Waals surface area contributed by atoms with Gasteiger partial charge in [0.1, 0.15) is 16.7 Å². The molecule has 2 amide bonds. The van der Waals surface area contributed by atoms with Gasteiger partial charge in [-0.05, 0) is 61.9 Å². The van der Waals surface area contributed by atoms with Gasteiger partial charge in [-0.15, -0.1) is 0 Å². The van der Waals surface area contributed by atoms with Crippen molar-refractivity contribution in [1.82, 2.24) is 4.90 Å². The van der Waals surface area contributed by atoms with Gasteiger partial charge in [0.05, 0.1) is 18.9 Å². The Hall–Kier alpha value is -3.00.